The molecule has 0 amide bonds. The first-order valence-electron chi connectivity index (χ1n) is 5.52. The molecular weight excluding hydrogens is 264 g/mol. The molecule has 0 bridgehead atoms. The number of carboxylic acids is 1. The van der Waals surface area contributed by atoms with Gasteiger partial charge in [-0.15, -0.1) is 11.3 Å². The Morgan fingerprint density at radius 2 is 1.74 bits per heavy atom. The standard InChI is InChI=1S/C14H10O4S/c15-11(8-12(16)17)10-6-7-19-14(10)13(18)9-4-2-1-3-5-9/h1-7H,8H2,(H,16,17). The topological polar surface area (TPSA) is 71.4 Å². The molecule has 0 aliphatic carbocycles. The van der Waals surface area contributed by atoms with Crippen molar-refractivity contribution in [2.45, 2.75) is 6.42 Å². The molecule has 2 aromatic rings. The Labute approximate surface area is 113 Å². The first-order valence-corrected chi connectivity index (χ1v) is 6.40. The lowest BCUT2D eigenvalue weighted by atomic mass is 10.0. The second-order valence-electron chi connectivity index (χ2n) is 3.85. The lowest BCUT2D eigenvalue weighted by molar-refractivity contribution is -0.135. The van der Waals surface area contributed by atoms with Gasteiger partial charge in [-0.1, -0.05) is 30.3 Å². The highest BCUT2D eigenvalue weighted by Gasteiger charge is 2.21. The van der Waals surface area contributed by atoms with Crippen LogP contribution in [-0.2, 0) is 4.79 Å². The van der Waals surface area contributed by atoms with Crippen LogP contribution in [-0.4, -0.2) is 22.6 Å². The van der Waals surface area contributed by atoms with Crippen LogP contribution in [0.25, 0.3) is 0 Å². The van der Waals surface area contributed by atoms with E-state index in [0.717, 1.165) is 11.3 Å². The number of hydrogen-bond donors (Lipinski definition) is 1. The van der Waals surface area contributed by atoms with Crippen molar-refractivity contribution in [3.63, 3.8) is 0 Å². The fourth-order valence-corrected chi connectivity index (χ4v) is 2.53. The van der Waals surface area contributed by atoms with Crippen LogP contribution < -0.4 is 0 Å². The molecule has 2 rings (SSSR count). The van der Waals surface area contributed by atoms with Crippen LogP contribution in [0, 0.1) is 0 Å². The SMILES string of the molecule is O=C(O)CC(=O)c1ccsc1C(=O)c1ccccc1. The summed E-state index contributed by atoms with van der Waals surface area (Å²) in [6.07, 6.45) is -0.605. The fourth-order valence-electron chi connectivity index (χ4n) is 1.66. The molecule has 0 saturated heterocycles. The summed E-state index contributed by atoms with van der Waals surface area (Å²) in [6.45, 7) is 0. The Bertz CT molecular complexity index is 628. The summed E-state index contributed by atoms with van der Waals surface area (Å²) in [5.74, 6) is -2.01. The van der Waals surface area contributed by atoms with Gasteiger partial charge >= 0.3 is 5.97 Å². The quantitative estimate of drug-likeness (QED) is 0.672. The van der Waals surface area contributed by atoms with E-state index in [-0.39, 0.29) is 16.2 Å². The molecule has 0 unspecified atom stereocenters. The molecule has 0 aliphatic heterocycles. The molecule has 1 aromatic heterocycles. The molecular formula is C14H10O4S. The number of carboxylic acid groups (broad SMARTS) is 1. The van der Waals surface area contributed by atoms with Crippen LogP contribution in [0.2, 0.25) is 0 Å². The van der Waals surface area contributed by atoms with Crippen molar-refractivity contribution in [3.8, 4) is 0 Å². The van der Waals surface area contributed by atoms with Crippen LogP contribution in [0.3, 0.4) is 0 Å². The Hall–Kier alpha value is -2.27. The van der Waals surface area contributed by atoms with E-state index in [2.05, 4.69) is 0 Å². The molecule has 0 radical (unpaired) electrons. The molecule has 0 aliphatic rings. The second-order valence-corrected chi connectivity index (χ2v) is 4.77. The minimum atomic E-state index is -1.20. The van der Waals surface area contributed by atoms with Gasteiger partial charge in [0.05, 0.1) is 4.88 Å². The summed E-state index contributed by atoms with van der Waals surface area (Å²) in [7, 11) is 0. The number of benzene rings is 1. The van der Waals surface area contributed by atoms with E-state index in [4.69, 9.17) is 5.11 Å². The van der Waals surface area contributed by atoms with Crippen molar-refractivity contribution >= 4 is 28.9 Å². The van der Waals surface area contributed by atoms with Crippen molar-refractivity contribution in [3.05, 3.63) is 57.8 Å². The van der Waals surface area contributed by atoms with Crippen LogP contribution >= 0.6 is 11.3 Å². The Morgan fingerprint density at radius 1 is 1.05 bits per heavy atom. The van der Waals surface area contributed by atoms with Gasteiger partial charge in [0.25, 0.3) is 0 Å². The van der Waals surface area contributed by atoms with Crippen molar-refractivity contribution in [1.29, 1.82) is 0 Å². The van der Waals surface area contributed by atoms with E-state index in [1.807, 2.05) is 0 Å². The Balaban J connectivity index is 2.32. The molecule has 0 atom stereocenters. The molecule has 5 heteroatoms. The molecule has 0 fully saturated rings. The van der Waals surface area contributed by atoms with Crippen molar-refractivity contribution < 1.29 is 19.5 Å². The van der Waals surface area contributed by atoms with Gasteiger partial charge in [0, 0.05) is 11.1 Å². The molecule has 0 saturated carbocycles. The third-order valence-corrected chi connectivity index (χ3v) is 3.43. The van der Waals surface area contributed by atoms with Gasteiger partial charge in [-0.3, -0.25) is 14.4 Å². The van der Waals surface area contributed by atoms with Gasteiger partial charge in [-0.2, -0.15) is 0 Å². The summed E-state index contributed by atoms with van der Waals surface area (Å²) >= 11 is 1.14. The van der Waals surface area contributed by atoms with E-state index < -0.39 is 18.2 Å². The highest BCUT2D eigenvalue weighted by atomic mass is 32.1. The smallest absolute Gasteiger partial charge is 0.311 e. The van der Waals surface area contributed by atoms with Crippen molar-refractivity contribution in [1.82, 2.24) is 0 Å². The third kappa shape index (κ3) is 2.95. The van der Waals surface area contributed by atoms with Crippen LogP contribution in [0.5, 0.6) is 0 Å². The van der Waals surface area contributed by atoms with E-state index in [1.165, 1.54) is 6.07 Å². The maximum atomic E-state index is 12.2. The number of carbonyl (C=O) groups excluding carboxylic acids is 2. The lowest BCUT2D eigenvalue weighted by Crippen LogP contribution is -2.10. The third-order valence-electron chi connectivity index (χ3n) is 2.52. The summed E-state index contributed by atoms with van der Waals surface area (Å²) in [6, 6.07) is 10.1. The van der Waals surface area contributed by atoms with Gasteiger partial charge in [0.1, 0.15) is 6.42 Å². The fraction of sp³-hybridized carbons (Fsp3) is 0.0714. The maximum absolute atomic E-state index is 12.2. The normalized spacial score (nSPS) is 10.1. The van der Waals surface area contributed by atoms with Gasteiger partial charge in [0.2, 0.25) is 5.78 Å². The summed E-state index contributed by atoms with van der Waals surface area (Å²) < 4.78 is 0. The summed E-state index contributed by atoms with van der Waals surface area (Å²) in [5, 5.41) is 10.2. The van der Waals surface area contributed by atoms with Gasteiger partial charge in [0.15, 0.2) is 5.78 Å². The largest absolute Gasteiger partial charge is 0.481 e. The average molecular weight is 274 g/mol. The van der Waals surface area contributed by atoms with Gasteiger partial charge < -0.3 is 5.11 Å². The number of ketones is 2. The number of hydrogen-bond acceptors (Lipinski definition) is 4. The van der Waals surface area contributed by atoms with Gasteiger partial charge in [-0.05, 0) is 11.4 Å². The number of rotatable bonds is 5. The molecule has 0 spiro atoms. The lowest BCUT2D eigenvalue weighted by Gasteiger charge is -2.01. The average Bonchev–Trinajstić information content (AvgIpc) is 2.87. The first kappa shape index (κ1) is 13.2. The first-order chi connectivity index (χ1) is 9.09. The monoisotopic (exact) mass is 274 g/mol. The van der Waals surface area contributed by atoms with E-state index in [9.17, 15) is 14.4 Å². The van der Waals surface area contributed by atoms with E-state index in [1.54, 1.807) is 35.7 Å². The maximum Gasteiger partial charge on any atom is 0.311 e. The second kappa shape index (κ2) is 5.58. The highest BCUT2D eigenvalue weighted by Crippen LogP contribution is 2.22. The van der Waals surface area contributed by atoms with Crippen LogP contribution in [0.15, 0.2) is 41.8 Å². The number of carbonyl (C=O) groups is 3. The number of thiophene rings is 1. The molecule has 1 aromatic carbocycles. The van der Waals surface area contributed by atoms with E-state index >= 15 is 0 Å². The highest BCUT2D eigenvalue weighted by molar-refractivity contribution is 7.12. The van der Waals surface area contributed by atoms with Gasteiger partial charge in [-0.25, -0.2) is 0 Å². The summed E-state index contributed by atoms with van der Waals surface area (Å²) in [4.78, 5) is 34.8. The molecule has 19 heavy (non-hydrogen) atoms. The zero-order valence-electron chi connectivity index (χ0n) is 9.83. The van der Waals surface area contributed by atoms with Crippen molar-refractivity contribution in [2.24, 2.45) is 0 Å². The van der Waals surface area contributed by atoms with Crippen molar-refractivity contribution in [2.75, 3.05) is 0 Å². The molecule has 1 N–H and O–H groups in total. The zero-order valence-corrected chi connectivity index (χ0v) is 10.6. The minimum Gasteiger partial charge on any atom is -0.481 e. The molecule has 1 heterocycles. The number of aliphatic carboxylic acids is 1. The number of Topliss-reactive ketones (excluding diaryl/α,β-unsaturated/α-hetero) is 1. The minimum absolute atomic E-state index is 0.182. The Kier molecular flexibility index (Phi) is 3.87. The Morgan fingerprint density at radius 3 is 2.37 bits per heavy atom. The van der Waals surface area contributed by atoms with Crippen LogP contribution in [0.1, 0.15) is 32.0 Å². The molecule has 4 nitrogen and oxygen atoms in total. The molecule has 96 valence electrons. The predicted octanol–water partition coefficient (Wildman–Crippen LogP) is 2.64. The predicted molar refractivity (Wildman–Crippen MR) is 70.8 cm³/mol. The summed E-state index contributed by atoms with van der Waals surface area (Å²) in [5.41, 5.74) is 0.663. The van der Waals surface area contributed by atoms with E-state index in [0.29, 0.717) is 5.56 Å². The van der Waals surface area contributed by atoms with Crippen LogP contribution in [0.4, 0.5) is 0 Å². The zero-order chi connectivity index (χ0) is 13.8.